The molecule has 2 N–H and O–H groups in total. The summed E-state index contributed by atoms with van der Waals surface area (Å²) < 4.78 is 37.0. The largest absolute Gasteiger partial charge is 0.454 e. The molecule has 0 saturated heterocycles. The van der Waals surface area contributed by atoms with Gasteiger partial charge in [-0.05, 0) is 57.5 Å². The van der Waals surface area contributed by atoms with E-state index in [4.69, 9.17) is 9.47 Å². The summed E-state index contributed by atoms with van der Waals surface area (Å²) in [6, 6.07) is 11.2. The average molecular weight is 376 g/mol. The molecule has 0 radical (unpaired) electrons. The van der Waals surface area contributed by atoms with Gasteiger partial charge in [-0.25, -0.2) is 8.42 Å². The zero-order chi connectivity index (χ0) is 18.9. The van der Waals surface area contributed by atoms with Gasteiger partial charge in [-0.3, -0.25) is 4.72 Å². The molecule has 0 atom stereocenters. The van der Waals surface area contributed by atoms with Crippen molar-refractivity contribution < 1.29 is 17.9 Å². The summed E-state index contributed by atoms with van der Waals surface area (Å²) in [5.41, 5.74) is 3.59. The number of sulfonamides is 1. The molecule has 0 aromatic heterocycles. The normalized spacial score (nSPS) is 13.5. The number of anilines is 2. The van der Waals surface area contributed by atoms with Crippen LogP contribution in [0.3, 0.4) is 0 Å². The summed E-state index contributed by atoms with van der Waals surface area (Å²) in [5.74, 6) is 1.55. The fourth-order valence-electron chi connectivity index (χ4n) is 2.50. The molecule has 0 unspecified atom stereocenters. The van der Waals surface area contributed by atoms with Crippen molar-refractivity contribution in [2.24, 2.45) is 0 Å². The Labute approximate surface area is 154 Å². The number of nitrogens with one attached hydrogen (secondary N) is 2. The van der Waals surface area contributed by atoms with E-state index in [1.165, 1.54) is 0 Å². The van der Waals surface area contributed by atoms with Gasteiger partial charge in [0.05, 0.1) is 4.75 Å². The van der Waals surface area contributed by atoms with Gasteiger partial charge in [0.25, 0.3) is 0 Å². The number of rotatable bonds is 5. The van der Waals surface area contributed by atoms with Crippen molar-refractivity contribution in [3.05, 3.63) is 47.5 Å². The molecule has 3 rings (SSSR count). The Balaban J connectivity index is 1.66. The van der Waals surface area contributed by atoms with E-state index in [0.29, 0.717) is 12.2 Å². The molecule has 2 aromatic carbocycles. The van der Waals surface area contributed by atoms with Crippen LogP contribution < -0.4 is 19.5 Å². The van der Waals surface area contributed by atoms with Crippen molar-refractivity contribution in [2.75, 3.05) is 16.8 Å². The van der Waals surface area contributed by atoms with E-state index in [1.807, 2.05) is 31.2 Å². The van der Waals surface area contributed by atoms with Gasteiger partial charge in [-0.1, -0.05) is 12.1 Å². The lowest BCUT2D eigenvalue weighted by molar-refractivity contribution is 0.173. The highest BCUT2D eigenvalue weighted by Gasteiger charge is 2.28. The van der Waals surface area contributed by atoms with Crippen molar-refractivity contribution in [2.45, 2.75) is 39.0 Å². The van der Waals surface area contributed by atoms with Crippen molar-refractivity contribution in [3.63, 3.8) is 0 Å². The standard InChI is InChI=1S/C19H24N2O4S/c1-13-16(9-10-17-18(13)25-12-24-17)20-11-14-5-7-15(8-6-14)21-26(22,23)19(2,3)4/h5-10,20-21H,11-12H2,1-4H3. The molecule has 1 heterocycles. The molecule has 140 valence electrons. The number of ether oxygens (including phenoxy) is 2. The van der Waals surface area contributed by atoms with E-state index in [-0.39, 0.29) is 6.79 Å². The number of benzene rings is 2. The van der Waals surface area contributed by atoms with Crippen LogP contribution in [0, 0.1) is 6.92 Å². The molecule has 26 heavy (non-hydrogen) atoms. The molecule has 0 spiro atoms. The third kappa shape index (κ3) is 3.72. The second-order valence-corrected chi connectivity index (χ2v) is 9.68. The Morgan fingerprint density at radius 3 is 2.38 bits per heavy atom. The summed E-state index contributed by atoms with van der Waals surface area (Å²) in [6.45, 7) is 7.86. The van der Waals surface area contributed by atoms with Crippen molar-refractivity contribution in [1.29, 1.82) is 0 Å². The lowest BCUT2D eigenvalue weighted by atomic mass is 10.1. The van der Waals surface area contributed by atoms with Gasteiger partial charge >= 0.3 is 0 Å². The van der Waals surface area contributed by atoms with E-state index in [0.717, 1.165) is 28.3 Å². The van der Waals surface area contributed by atoms with Gasteiger partial charge in [0, 0.05) is 23.5 Å². The second-order valence-electron chi connectivity index (χ2n) is 7.24. The van der Waals surface area contributed by atoms with Crippen molar-refractivity contribution in [3.8, 4) is 11.5 Å². The highest BCUT2D eigenvalue weighted by atomic mass is 32.2. The SMILES string of the molecule is Cc1c(NCc2ccc(NS(=O)(=O)C(C)(C)C)cc2)ccc2c1OCO2. The fourth-order valence-corrected chi connectivity index (χ4v) is 3.25. The Kier molecular flexibility index (Phi) is 4.75. The molecular weight excluding hydrogens is 352 g/mol. The maximum atomic E-state index is 12.2. The fraction of sp³-hybridized carbons (Fsp3) is 0.368. The molecule has 7 heteroatoms. The Morgan fingerprint density at radius 1 is 1.04 bits per heavy atom. The predicted molar refractivity (Wildman–Crippen MR) is 103 cm³/mol. The quantitative estimate of drug-likeness (QED) is 0.828. The summed E-state index contributed by atoms with van der Waals surface area (Å²) in [4.78, 5) is 0. The third-order valence-electron chi connectivity index (χ3n) is 4.28. The Morgan fingerprint density at radius 2 is 1.73 bits per heavy atom. The molecular formula is C19H24N2O4S. The van der Waals surface area contributed by atoms with E-state index >= 15 is 0 Å². The highest BCUT2D eigenvalue weighted by Crippen LogP contribution is 2.39. The maximum Gasteiger partial charge on any atom is 0.237 e. The van der Waals surface area contributed by atoms with Crippen LogP contribution >= 0.6 is 0 Å². The monoisotopic (exact) mass is 376 g/mol. The highest BCUT2D eigenvalue weighted by molar-refractivity contribution is 7.94. The number of hydrogen-bond donors (Lipinski definition) is 2. The van der Waals surface area contributed by atoms with Crippen LogP contribution in [0.2, 0.25) is 0 Å². The average Bonchev–Trinajstić information content (AvgIpc) is 3.04. The van der Waals surface area contributed by atoms with E-state index in [9.17, 15) is 8.42 Å². The Bertz CT molecular complexity index is 900. The summed E-state index contributed by atoms with van der Waals surface area (Å²) in [6.07, 6.45) is 0. The van der Waals surface area contributed by atoms with Crippen molar-refractivity contribution in [1.82, 2.24) is 0 Å². The van der Waals surface area contributed by atoms with Crippen LogP contribution in [-0.4, -0.2) is 20.0 Å². The van der Waals surface area contributed by atoms with Gasteiger partial charge in [0.1, 0.15) is 0 Å². The first kappa shape index (κ1) is 18.4. The maximum absolute atomic E-state index is 12.2. The topological polar surface area (TPSA) is 76.7 Å². The minimum atomic E-state index is -3.42. The zero-order valence-corrected chi connectivity index (χ0v) is 16.2. The van der Waals surface area contributed by atoms with Crippen LogP contribution in [0.1, 0.15) is 31.9 Å². The minimum absolute atomic E-state index is 0.256. The molecule has 1 aliphatic rings. The van der Waals surface area contributed by atoms with E-state index in [1.54, 1.807) is 32.9 Å². The molecule has 1 aliphatic heterocycles. The van der Waals surface area contributed by atoms with Crippen LogP contribution in [0.15, 0.2) is 36.4 Å². The van der Waals surface area contributed by atoms with Gasteiger partial charge in [-0.15, -0.1) is 0 Å². The Hall–Kier alpha value is -2.41. The van der Waals surface area contributed by atoms with Gasteiger partial charge in [-0.2, -0.15) is 0 Å². The van der Waals surface area contributed by atoms with Crippen LogP contribution in [-0.2, 0) is 16.6 Å². The smallest absolute Gasteiger partial charge is 0.237 e. The minimum Gasteiger partial charge on any atom is -0.454 e. The molecule has 6 nitrogen and oxygen atoms in total. The van der Waals surface area contributed by atoms with Crippen LogP contribution in [0.25, 0.3) is 0 Å². The first-order valence-electron chi connectivity index (χ1n) is 8.42. The van der Waals surface area contributed by atoms with Crippen molar-refractivity contribution >= 4 is 21.4 Å². The van der Waals surface area contributed by atoms with Crippen LogP contribution in [0.4, 0.5) is 11.4 Å². The molecule has 2 aromatic rings. The molecule has 0 fully saturated rings. The van der Waals surface area contributed by atoms with Gasteiger partial charge in [0.15, 0.2) is 11.5 Å². The summed E-state index contributed by atoms with van der Waals surface area (Å²) in [7, 11) is -3.42. The van der Waals surface area contributed by atoms with E-state index < -0.39 is 14.8 Å². The molecule has 0 bridgehead atoms. The third-order valence-corrected chi connectivity index (χ3v) is 6.40. The second kappa shape index (κ2) is 6.72. The number of hydrogen-bond acceptors (Lipinski definition) is 5. The lowest BCUT2D eigenvalue weighted by Gasteiger charge is -2.20. The van der Waals surface area contributed by atoms with E-state index in [2.05, 4.69) is 10.0 Å². The molecule has 0 aliphatic carbocycles. The van der Waals surface area contributed by atoms with Crippen LogP contribution in [0.5, 0.6) is 11.5 Å². The van der Waals surface area contributed by atoms with Gasteiger partial charge < -0.3 is 14.8 Å². The summed E-state index contributed by atoms with van der Waals surface area (Å²) in [5, 5.41) is 3.38. The summed E-state index contributed by atoms with van der Waals surface area (Å²) >= 11 is 0. The first-order chi connectivity index (χ1) is 12.2. The zero-order valence-electron chi connectivity index (χ0n) is 15.4. The lowest BCUT2D eigenvalue weighted by Crippen LogP contribution is -2.33. The van der Waals surface area contributed by atoms with Gasteiger partial charge in [0.2, 0.25) is 16.8 Å². The molecule has 0 saturated carbocycles. The predicted octanol–water partition coefficient (Wildman–Crippen LogP) is 3.88. The number of fused-ring (bicyclic) bond motifs is 1. The first-order valence-corrected chi connectivity index (χ1v) is 9.90. The molecule has 0 amide bonds.